The molecule has 0 radical (unpaired) electrons. The summed E-state index contributed by atoms with van der Waals surface area (Å²) in [7, 11) is 1.41. The average Bonchev–Trinajstić information content (AvgIpc) is 2.29. The Bertz CT molecular complexity index is 268. The minimum Gasteiger partial charge on any atom is -0.468 e. The van der Waals surface area contributed by atoms with Crippen LogP contribution in [0.4, 0.5) is 0 Å². The van der Waals surface area contributed by atoms with Crippen molar-refractivity contribution in [2.24, 2.45) is 5.92 Å². The molecular formula is C13H25NO4. The highest BCUT2D eigenvalue weighted by Crippen LogP contribution is 2.18. The third-order valence-electron chi connectivity index (χ3n) is 2.89. The van der Waals surface area contributed by atoms with Crippen LogP contribution in [0.2, 0.25) is 0 Å². The predicted octanol–water partition coefficient (Wildman–Crippen LogP) is 1.32. The van der Waals surface area contributed by atoms with Gasteiger partial charge in [0.1, 0.15) is 6.04 Å². The monoisotopic (exact) mass is 259 g/mol. The Hall–Kier alpha value is -0.650. The number of hydrogen-bond donors (Lipinski definition) is 1. The Kier molecular flexibility index (Phi) is 5.56. The number of rotatable bonds is 5. The maximum absolute atomic E-state index is 11.7. The van der Waals surface area contributed by atoms with Crippen LogP contribution in [-0.4, -0.2) is 44.2 Å². The second kappa shape index (κ2) is 6.50. The van der Waals surface area contributed by atoms with E-state index in [0.717, 1.165) is 6.42 Å². The van der Waals surface area contributed by atoms with Crippen molar-refractivity contribution in [2.45, 2.75) is 52.0 Å². The summed E-state index contributed by atoms with van der Waals surface area (Å²) in [5, 5.41) is 3.25. The molecule has 1 fully saturated rings. The average molecular weight is 259 g/mol. The largest absolute Gasteiger partial charge is 0.468 e. The van der Waals surface area contributed by atoms with E-state index in [2.05, 4.69) is 19.2 Å². The first-order valence-corrected chi connectivity index (χ1v) is 6.46. The van der Waals surface area contributed by atoms with Crippen LogP contribution in [0.1, 0.15) is 34.1 Å². The van der Waals surface area contributed by atoms with Gasteiger partial charge in [0.15, 0.2) is 5.79 Å². The van der Waals surface area contributed by atoms with Crippen molar-refractivity contribution in [3.8, 4) is 0 Å². The number of methoxy groups -OCH3 is 1. The van der Waals surface area contributed by atoms with Gasteiger partial charge in [-0.05, 0) is 26.2 Å². The fourth-order valence-corrected chi connectivity index (χ4v) is 1.92. The molecule has 106 valence electrons. The molecule has 5 heteroatoms. The lowest BCUT2D eigenvalue weighted by molar-refractivity contribution is -0.253. The van der Waals surface area contributed by atoms with E-state index in [9.17, 15) is 4.79 Å². The zero-order valence-corrected chi connectivity index (χ0v) is 12.0. The SMILES string of the molecule is COC(=O)C(CC(C)C)NC1COC(C)(C)OC1. The van der Waals surface area contributed by atoms with Gasteiger partial charge in [-0.15, -0.1) is 0 Å². The lowest BCUT2D eigenvalue weighted by Gasteiger charge is -2.36. The van der Waals surface area contributed by atoms with Crippen LogP contribution < -0.4 is 5.32 Å². The van der Waals surface area contributed by atoms with Gasteiger partial charge in [-0.3, -0.25) is 10.1 Å². The summed E-state index contributed by atoms with van der Waals surface area (Å²) in [6.45, 7) is 9.00. The van der Waals surface area contributed by atoms with Gasteiger partial charge in [0, 0.05) is 0 Å². The summed E-state index contributed by atoms with van der Waals surface area (Å²) in [6, 6.07) is -0.269. The number of hydrogen-bond acceptors (Lipinski definition) is 5. The van der Waals surface area contributed by atoms with Gasteiger partial charge in [-0.25, -0.2) is 0 Å². The molecule has 1 atom stereocenters. The number of nitrogens with one attached hydrogen (secondary N) is 1. The smallest absolute Gasteiger partial charge is 0.322 e. The lowest BCUT2D eigenvalue weighted by atomic mass is 10.0. The lowest BCUT2D eigenvalue weighted by Crippen LogP contribution is -2.53. The van der Waals surface area contributed by atoms with E-state index in [1.807, 2.05) is 13.8 Å². The minimum atomic E-state index is -0.531. The van der Waals surface area contributed by atoms with Crippen molar-refractivity contribution in [1.82, 2.24) is 5.32 Å². The number of carbonyl (C=O) groups is 1. The van der Waals surface area contributed by atoms with Gasteiger partial charge >= 0.3 is 5.97 Å². The van der Waals surface area contributed by atoms with Crippen molar-refractivity contribution >= 4 is 5.97 Å². The van der Waals surface area contributed by atoms with E-state index < -0.39 is 5.79 Å². The van der Waals surface area contributed by atoms with E-state index in [1.54, 1.807) is 0 Å². The standard InChI is InChI=1S/C13H25NO4/c1-9(2)6-11(12(15)16-5)14-10-7-17-13(3,4)18-8-10/h9-11,14H,6-8H2,1-5H3. The van der Waals surface area contributed by atoms with Gasteiger partial charge in [0.25, 0.3) is 0 Å². The summed E-state index contributed by atoms with van der Waals surface area (Å²) in [4.78, 5) is 11.7. The Balaban J connectivity index is 2.48. The van der Waals surface area contributed by atoms with Crippen molar-refractivity contribution < 1.29 is 19.0 Å². The second-order valence-corrected chi connectivity index (χ2v) is 5.59. The molecule has 1 aliphatic rings. The van der Waals surface area contributed by atoms with Crippen LogP contribution >= 0.6 is 0 Å². The first-order valence-electron chi connectivity index (χ1n) is 6.46. The Morgan fingerprint density at radius 2 is 1.94 bits per heavy atom. The van der Waals surface area contributed by atoms with Crippen LogP contribution in [0.25, 0.3) is 0 Å². The Morgan fingerprint density at radius 3 is 2.39 bits per heavy atom. The molecule has 0 aromatic carbocycles. The van der Waals surface area contributed by atoms with Crippen molar-refractivity contribution in [2.75, 3.05) is 20.3 Å². The molecule has 1 N–H and O–H groups in total. The second-order valence-electron chi connectivity index (χ2n) is 5.59. The van der Waals surface area contributed by atoms with Crippen LogP contribution in [0.15, 0.2) is 0 Å². The summed E-state index contributed by atoms with van der Waals surface area (Å²) in [6.07, 6.45) is 0.743. The first kappa shape index (κ1) is 15.4. The topological polar surface area (TPSA) is 56.8 Å². The third-order valence-corrected chi connectivity index (χ3v) is 2.89. The fraction of sp³-hybridized carbons (Fsp3) is 0.923. The van der Waals surface area contributed by atoms with Gasteiger partial charge in [-0.1, -0.05) is 13.8 Å². The Morgan fingerprint density at radius 1 is 1.39 bits per heavy atom. The zero-order valence-electron chi connectivity index (χ0n) is 12.0. The quantitative estimate of drug-likeness (QED) is 0.755. The van der Waals surface area contributed by atoms with Crippen molar-refractivity contribution in [3.05, 3.63) is 0 Å². The van der Waals surface area contributed by atoms with E-state index in [0.29, 0.717) is 19.1 Å². The molecule has 1 unspecified atom stereocenters. The molecule has 0 saturated carbocycles. The molecule has 0 spiro atoms. The Labute approximate surface area is 109 Å². The molecule has 0 aromatic heterocycles. The molecule has 0 bridgehead atoms. The molecule has 5 nitrogen and oxygen atoms in total. The van der Waals surface area contributed by atoms with Gasteiger partial charge in [-0.2, -0.15) is 0 Å². The molecule has 0 aliphatic carbocycles. The van der Waals surface area contributed by atoms with Gasteiger partial charge < -0.3 is 14.2 Å². The van der Waals surface area contributed by atoms with Crippen LogP contribution in [0.5, 0.6) is 0 Å². The molecule has 1 aliphatic heterocycles. The van der Waals surface area contributed by atoms with Crippen LogP contribution in [0, 0.1) is 5.92 Å². The highest BCUT2D eigenvalue weighted by Gasteiger charge is 2.31. The molecular weight excluding hydrogens is 234 g/mol. The highest BCUT2D eigenvalue weighted by molar-refractivity contribution is 5.75. The van der Waals surface area contributed by atoms with Crippen LogP contribution in [-0.2, 0) is 19.0 Å². The van der Waals surface area contributed by atoms with E-state index in [-0.39, 0.29) is 18.1 Å². The van der Waals surface area contributed by atoms with E-state index in [1.165, 1.54) is 7.11 Å². The maximum atomic E-state index is 11.7. The summed E-state index contributed by atoms with van der Waals surface area (Å²) in [5.74, 6) is -0.339. The van der Waals surface area contributed by atoms with Crippen molar-refractivity contribution in [3.63, 3.8) is 0 Å². The number of carbonyl (C=O) groups excluding carboxylic acids is 1. The molecule has 18 heavy (non-hydrogen) atoms. The molecule has 1 saturated heterocycles. The van der Waals surface area contributed by atoms with E-state index in [4.69, 9.17) is 14.2 Å². The van der Waals surface area contributed by atoms with Gasteiger partial charge in [0.2, 0.25) is 0 Å². The highest BCUT2D eigenvalue weighted by atomic mass is 16.7. The maximum Gasteiger partial charge on any atom is 0.322 e. The first-order chi connectivity index (χ1) is 8.34. The summed E-state index contributed by atoms with van der Waals surface area (Å²) < 4.78 is 15.9. The van der Waals surface area contributed by atoms with Gasteiger partial charge in [0.05, 0.1) is 26.4 Å². The van der Waals surface area contributed by atoms with E-state index >= 15 is 0 Å². The minimum absolute atomic E-state index is 0.0286. The molecule has 1 rings (SSSR count). The summed E-state index contributed by atoms with van der Waals surface area (Å²) >= 11 is 0. The number of ether oxygens (including phenoxy) is 3. The number of esters is 1. The molecule has 1 heterocycles. The normalized spacial score (nSPS) is 21.9. The summed E-state index contributed by atoms with van der Waals surface area (Å²) in [5.41, 5.74) is 0. The molecule has 0 aromatic rings. The fourth-order valence-electron chi connectivity index (χ4n) is 1.92. The predicted molar refractivity (Wildman–Crippen MR) is 68.2 cm³/mol. The van der Waals surface area contributed by atoms with Crippen molar-refractivity contribution in [1.29, 1.82) is 0 Å². The van der Waals surface area contributed by atoms with Crippen LogP contribution in [0.3, 0.4) is 0 Å². The third kappa shape index (κ3) is 4.92. The molecule has 0 amide bonds. The zero-order chi connectivity index (χ0) is 13.8.